The maximum absolute atomic E-state index is 14.4. The molecule has 1 amide bonds. The number of nitrogens with one attached hydrogen (secondary N) is 3. The van der Waals surface area contributed by atoms with Crippen molar-refractivity contribution in [2.45, 2.75) is 50.6 Å². The summed E-state index contributed by atoms with van der Waals surface area (Å²) < 4.78 is 58.9. The number of aromatic nitrogens is 2. The second kappa shape index (κ2) is 10.7. The van der Waals surface area contributed by atoms with Crippen LogP contribution in [0.1, 0.15) is 32.1 Å². The number of hydrogen-bond donors (Lipinski definition) is 3. The van der Waals surface area contributed by atoms with Gasteiger partial charge in [-0.05, 0) is 74.6 Å². The summed E-state index contributed by atoms with van der Waals surface area (Å²) in [5.41, 5.74) is -0.551. The zero-order chi connectivity index (χ0) is 25.2. The highest BCUT2D eigenvalue weighted by Gasteiger charge is 2.43. The van der Waals surface area contributed by atoms with Gasteiger partial charge >= 0.3 is 6.43 Å². The molecule has 3 fully saturated rings. The Kier molecular flexibility index (Phi) is 7.38. The quantitative estimate of drug-likeness (QED) is 0.487. The SMILES string of the molecule is O=C(Nc1cc(F)c(F)c(-c2ccc(N[C@H]3C[C@@H]4CN[C@@H](CC5CCOCC5)[C@H]4C3)nn2)c1)C(F)F. The van der Waals surface area contributed by atoms with Crippen molar-refractivity contribution in [3.8, 4) is 11.3 Å². The molecule has 4 atom stereocenters. The molecule has 0 radical (unpaired) electrons. The summed E-state index contributed by atoms with van der Waals surface area (Å²) in [6.45, 7) is 2.73. The molecule has 2 aliphatic heterocycles. The summed E-state index contributed by atoms with van der Waals surface area (Å²) in [6, 6.07) is 5.59. The molecule has 7 nitrogen and oxygen atoms in total. The lowest BCUT2D eigenvalue weighted by Gasteiger charge is -2.27. The molecule has 0 spiro atoms. The van der Waals surface area contributed by atoms with Gasteiger partial charge < -0.3 is 20.7 Å². The third kappa shape index (κ3) is 5.46. The number of nitrogens with zero attached hydrogens (tertiary/aromatic N) is 2. The van der Waals surface area contributed by atoms with E-state index < -0.39 is 24.0 Å². The summed E-state index contributed by atoms with van der Waals surface area (Å²) in [4.78, 5) is 11.2. The Bertz CT molecular complexity index is 1080. The summed E-state index contributed by atoms with van der Waals surface area (Å²) in [6.07, 6.45) is 2.22. The van der Waals surface area contributed by atoms with E-state index in [0.29, 0.717) is 35.7 Å². The van der Waals surface area contributed by atoms with Crippen LogP contribution in [-0.2, 0) is 9.53 Å². The van der Waals surface area contributed by atoms with Gasteiger partial charge in [-0.3, -0.25) is 4.79 Å². The van der Waals surface area contributed by atoms with Gasteiger partial charge in [0.25, 0.3) is 5.91 Å². The van der Waals surface area contributed by atoms with E-state index in [-0.39, 0.29) is 23.0 Å². The average molecular weight is 508 g/mol. The molecule has 194 valence electrons. The zero-order valence-corrected chi connectivity index (χ0v) is 19.7. The maximum atomic E-state index is 14.4. The van der Waals surface area contributed by atoms with Crippen molar-refractivity contribution in [1.29, 1.82) is 0 Å². The van der Waals surface area contributed by atoms with Crippen LogP contribution < -0.4 is 16.0 Å². The lowest BCUT2D eigenvalue weighted by Crippen LogP contribution is -2.33. The smallest absolute Gasteiger partial charge is 0.315 e. The highest BCUT2D eigenvalue weighted by Crippen LogP contribution is 2.41. The van der Waals surface area contributed by atoms with Gasteiger partial charge in [0.05, 0.1) is 5.69 Å². The normalized spacial score (nSPS) is 26.2. The number of alkyl halides is 2. The Morgan fingerprint density at radius 1 is 1.14 bits per heavy atom. The number of anilines is 2. The lowest BCUT2D eigenvalue weighted by atomic mass is 9.85. The number of halogens is 4. The van der Waals surface area contributed by atoms with E-state index in [1.54, 1.807) is 6.07 Å². The van der Waals surface area contributed by atoms with Crippen LogP contribution >= 0.6 is 0 Å². The molecule has 1 aliphatic carbocycles. The molecule has 3 heterocycles. The minimum atomic E-state index is -3.28. The first-order chi connectivity index (χ1) is 17.4. The molecular weight excluding hydrogens is 478 g/mol. The van der Waals surface area contributed by atoms with Gasteiger partial charge in [0, 0.05) is 42.6 Å². The number of ether oxygens (including phenoxy) is 1. The Balaban J connectivity index is 1.22. The Morgan fingerprint density at radius 2 is 1.94 bits per heavy atom. The number of carbonyl (C=O) groups excluding carboxylic acids is 1. The third-order valence-electron chi connectivity index (χ3n) is 7.62. The van der Waals surface area contributed by atoms with Crippen molar-refractivity contribution >= 4 is 17.4 Å². The largest absolute Gasteiger partial charge is 0.381 e. The molecule has 2 aromatic rings. The third-order valence-corrected chi connectivity index (χ3v) is 7.62. The predicted molar refractivity (Wildman–Crippen MR) is 126 cm³/mol. The van der Waals surface area contributed by atoms with Crippen molar-refractivity contribution in [2.24, 2.45) is 17.8 Å². The van der Waals surface area contributed by atoms with E-state index in [4.69, 9.17) is 4.74 Å². The molecule has 1 aromatic carbocycles. The first-order valence-corrected chi connectivity index (χ1v) is 12.4. The lowest BCUT2D eigenvalue weighted by molar-refractivity contribution is -0.126. The second-order valence-corrected chi connectivity index (χ2v) is 9.96. The van der Waals surface area contributed by atoms with Crippen LogP contribution in [0.4, 0.5) is 29.1 Å². The highest BCUT2D eigenvalue weighted by molar-refractivity contribution is 5.93. The fourth-order valence-electron chi connectivity index (χ4n) is 5.86. The van der Waals surface area contributed by atoms with Gasteiger partial charge in [-0.25, -0.2) is 8.78 Å². The van der Waals surface area contributed by atoms with Crippen molar-refractivity contribution in [2.75, 3.05) is 30.4 Å². The minimum Gasteiger partial charge on any atom is -0.381 e. The molecule has 0 unspecified atom stereocenters. The second-order valence-electron chi connectivity index (χ2n) is 9.96. The number of benzene rings is 1. The van der Waals surface area contributed by atoms with Crippen LogP contribution in [0.25, 0.3) is 11.3 Å². The molecule has 0 bridgehead atoms. The molecular formula is C25H29F4N5O2. The maximum Gasteiger partial charge on any atom is 0.315 e. The molecule has 1 aromatic heterocycles. The van der Waals surface area contributed by atoms with Crippen molar-refractivity contribution < 1.29 is 27.1 Å². The monoisotopic (exact) mass is 507 g/mol. The molecule has 36 heavy (non-hydrogen) atoms. The average Bonchev–Trinajstić information content (AvgIpc) is 3.43. The van der Waals surface area contributed by atoms with Gasteiger partial charge in [0.15, 0.2) is 11.6 Å². The molecule has 2 saturated heterocycles. The molecule has 11 heteroatoms. The predicted octanol–water partition coefficient (Wildman–Crippen LogP) is 4.22. The number of carbonyl (C=O) groups is 1. The number of fused-ring (bicyclic) bond motifs is 1. The summed E-state index contributed by atoms with van der Waals surface area (Å²) in [7, 11) is 0. The molecule has 3 aliphatic rings. The first-order valence-electron chi connectivity index (χ1n) is 12.4. The molecule has 1 saturated carbocycles. The number of hydrogen-bond acceptors (Lipinski definition) is 6. The highest BCUT2D eigenvalue weighted by atomic mass is 19.3. The van der Waals surface area contributed by atoms with Crippen LogP contribution in [-0.4, -0.2) is 54.4 Å². The van der Waals surface area contributed by atoms with Gasteiger partial charge in [0.2, 0.25) is 0 Å². The first kappa shape index (κ1) is 24.9. The number of rotatable bonds is 7. The van der Waals surface area contributed by atoms with Gasteiger partial charge in [-0.1, -0.05) is 0 Å². The van der Waals surface area contributed by atoms with Gasteiger partial charge in [0.1, 0.15) is 5.82 Å². The fraction of sp³-hybridized carbons (Fsp3) is 0.560. The topological polar surface area (TPSA) is 88.2 Å². The van der Waals surface area contributed by atoms with E-state index in [9.17, 15) is 22.4 Å². The van der Waals surface area contributed by atoms with E-state index in [1.807, 2.05) is 5.32 Å². The Morgan fingerprint density at radius 3 is 2.67 bits per heavy atom. The number of amides is 1. The van der Waals surface area contributed by atoms with Crippen LogP contribution in [0.3, 0.4) is 0 Å². The summed E-state index contributed by atoms with van der Waals surface area (Å²) in [5, 5.41) is 17.1. The summed E-state index contributed by atoms with van der Waals surface area (Å²) >= 11 is 0. The van der Waals surface area contributed by atoms with E-state index in [0.717, 1.165) is 51.5 Å². The van der Waals surface area contributed by atoms with Crippen molar-refractivity contribution in [1.82, 2.24) is 15.5 Å². The zero-order valence-electron chi connectivity index (χ0n) is 19.7. The summed E-state index contributed by atoms with van der Waals surface area (Å²) in [5.74, 6) is -1.63. The van der Waals surface area contributed by atoms with E-state index >= 15 is 0 Å². The van der Waals surface area contributed by atoms with Crippen LogP contribution in [0.2, 0.25) is 0 Å². The molecule has 3 N–H and O–H groups in total. The standard InChI is InChI=1S/C25H29F4N5O2/c26-19-11-16(32-25(35)24(28)29)10-18(23(19)27)20-1-2-22(34-33-20)31-15-8-14-12-30-21(17(14)9-15)7-13-3-5-36-6-4-13/h1-2,10-11,13-15,17,21,24,30H,3-9,12H2,(H,31,34)(H,32,35)/t14-,15+,17+,21+/m1/s1. The van der Waals surface area contributed by atoms with E-state index in [2.05, 4.69) is 20.8 Å². The van der Waals surface area contributed by atoms with Gasteiger partial charge in [-0.2, -0.15) is 8.78 Å². The Labute approximate surface area is 206 Å². The fourth-order valence-corrected chi connectivity index (χ4v) is 5.86. The van der Waals surface area contributed by atoms with Gasteiger partial charge in [-0.15, -0.1) is 10.2 Å². The van der Waals surface area contributed by atoms with Crippen molar-refractivity contribution in [3.63, 3.8) is 0 Å². The van der Waals surface area contributed by atoms with Crippen molar-refractivity contribution in [3.05, 3.63) is 35.9 Å². The van der Waals surface area contributed by atoms with Crippen LogP contribution in [0.5, 0.6) is 0 Å². The Hall–Kier alpha value is -2.79. The van der Waals surface area contributed by atoms with E-state index in [1.165, 1.54) is 12.5 Å². The van der Waals surface area contributed by atoms with Crippen LogP contribution in [0, 0.1) is 29.4 Å². The minimum absolute atomic E-state index is 0.0223. The van der Waals surface area contributed by atoms with Crippen LogP contribution in [0.15, 0.2) is 24.3 Å². The molecule has 5 rings (SSSR count).